The second-order valence-corrected chi connectivity index (χ2v) is 7.16. The molecule has 0 unspecified atom stereocenters. The van der Waals surface area contributed by atoms with Gasteiger partial charge in [-0.15, -0.1) is 0 Å². The molecular weight excluding hydrogens is 346 g/mol. The van der Waals surface area contributed by atoms with Crippen LogP contribution in [-0.4, -0.2) is 55.7 Å². The molecule has 2 aliphatic heterocycles. The van der Waals surface area contributed by atoms with Crippen LogP contribution in [0.1, 0.15) is 38.2 Å². The van der Waals surface area contributed by atoms with Crippen LogP contribution in [0, 0.1) is 0 Å². The molecule has 2 N–H and O–H groups in total. The van der Waals surface area contributed by atoms with Crippen LogP contribution in [0.2, 0.25) is 0 Å². The number of aryl methyl sites for hydroxylation is 1. The van der Waals surface area contributed by atoms with E-state index in [-0.39, 0.29) is 24.6 Å². The minimum atomic E-state index is 0.0757. The monoisotopic (exact) mass is 375 g/mol. The van der Waals surface area contributed by atoms with Gasteiger partial charge in [0.15, 0.2) is 11.5 Å². The number of benzene rings is 1. The Hall–Kier alpha value is -2.28. The largest absolute Gasteiger partial charge is 0.454 e. The molecule has 0 spiro atoms. The zero-order chi connectivity index (χ0) is 19.1. The number of rotatable bonds is 8. The first kappa shape index (κ1) is 19.5. The van der Waals surface area contributed by atoms with E-state index in [0.29, 0.717) is 19.4 Å². The Bertz CT molecular complexity index is 657. The minimum absolute atomic E-state index is 0.0757. The van der Waals surface area contributed by atoms with Crippen LogP contribution < -0.4 is 20.1 Å². The summed E-state index contributed by atoms with van der Waals surface area (Å²) in [6.07, 6.45) is 3.86. The number of carbonyl (C=O) groups is 2. The lowest BCUT2D eigenvalue weighted by Crippen LogP contribution is -2.47. The summed E-state index contributed by atoms with van der Waals surface area (Å²) >= 11 is 0. The molecule has 2 heterocycles. The van der Waals surface area contributed by atoms with E-state index in [1.165, 1.54) is 0 Å². The molecule has 3 rings (SSSR count). The van der Waals surface area contributed by atoms with Crippen molar-refractivity contribution in [1.82, 2.24) is 15.5 Å². The van der Waals surface area contributed by atoms with E-state index in [0.717, 1.165) is 56.0 Å². The molecule has 7 heteroatoms. The molecule has 7 nitrogen and oxygen atoms in total. The molecule has 1 saturated heterocycles. The molecule has 0 bridgehead atoms. The molecule has 2 amide bonds. The summed E-state index contributed by atoms with van der Waals surface area (Å²) in [5.41, 5.74) is 1.07. The number of likely N-dealkylation sites (tertiary alicyclic amines) is 1. The van der Waals surface area contributed by atoms with E-state index in [4.69, 9.17) is 9.47 Å². The second-order valence-electron chi connectivity index (χ2n) is 7.16. The van der Waals surface area contributed by atoms with Crippen LogP contribution in [0.5, 0.6) is 11.5 Å². The number of fused-ring (bicyclic) bond motifs is 1. The SMILES string of the molecule is CCCNC(=O)CN1CCC(NC(=O)CCc2ccc3c(c2)OCO3)CC1. The number of piperidine rings is 1. The third-order valence-electron chi connectivity index (χ3n) is 4.97. The Morgan fingerprint density at radius 1 is 1.15 bits per heavy atom. The predicted octanol–water partition coefficient (Wildman–Crippen LogP) is 1.45. The number of amides is 2. The Labute approximate surface area is 160 Å². The first-order chi connectivity index (χ1) is 13.1. The summed E-state index contributed by atoms with van der Waals surface area (Å²) in [4.78, 5) is 26.2. The average Bonchev–Trinajstić information content (AvgIpc) is 3.14. The van der Waals surface area contributed by atoms with Crippen LogP contribution in [0.4, 0.5) is 0 Å². The van der Waals surface area contributed by atoms with Crippen molar-refractivity contribution in [2.75, 3.05) is 33.0 Å². The molecule has 0 radical (unpaired) electrons. The first-order valence-corrected chi connectivity index (χ1v) is 9.81. The lowest BCUT2D eigenvalue weighted by Gasteiger charge is -2.31. The van der Waals surface area contributed by atoms with Crippen molar-refractivity contribution in [1.29, 1.82) is 0 Å². The van der Waals surface area contributed by atoms with Crippen LogP contribution in [0.15, 0.2) is 18.2 Å². The van der Waals surface area contributed by atoms with E-state index in [1.54, 1.807) is 0 Å². The molecule has 1 aromatic rings. The molecule has 2 aliphatic rings. The van der Waals surface area contributed by atoms with E-state index in [1.807, 2.05) is 25.1 Å². The van der Waals surface area contributed by atoms with Crippen molar-refractivity contribution in [2.24, 2.45) is 0 Å². The van der Waals surface area contributed by atoms with Gasteiger partial charge >= 0.3 is 0 Å². The molecule has 0 aromatic heterocycles. The van der Waals surface area contributed by atoms with Gasteiger partial charge in [-0.3, -0.25) is 14.5 Å². The summed E-state index contributed by atoms with van der Waals surface area (Å²) in [5.74, 6) is 1.68. The minimum Gasteiger partial charge on any atom is -0.454 e. The summed E-state index contributed by atoms with van der Waals surface area (Å²) in [6.45, 7) is 5.16. The summed E-state index contributed by atoms with van der Waals surface area (Å²) in [7, 11) is 0. The lowest BCUT2D eigenvalue weighted by atomic mass is 10.0. The fourth-order valence-electron chi connectivity index (χ4n) is 3.41. The van der Waals surface area contributed by atoms with E-state index in [9.17, 15) is 9.59 Å². The van der Waals surface area contributed by atoms with Gasteiger partial charge < -0.3 is 20.1 Å². The number of nitrogens with zero attached hydrogens (tertiary/aromatic N) is 1. The van der Waals surface area contributed by atoms with Crippen molar-refractivity contribution in [3.05, 3.63) is 23.8 Å². The summed E-state index contributed by atoms with van der Waals surface area (Å²) in [5, 5.41) is 6.03. The third-order valence-corrected chi connectivity index (χ3v) is 4.97. The van der Waals surface area contributed by atoms with Crippen LogP contribution in [0.3, 0.4) is 0 Å². The van der Waals surface area contributed by atoms with Gasteiger partial charge in [0.2, 0.25) is 18.6 Å². The quantitative estimate of drug-likeness (QED) is 0.719. The third kappa shape index (κ3) is 5.85. The molecule has 1 aromatic carbocycles. The molecule has 0 aliphatic carbocycles. The number of nitrogens with one attached hydrogen (secondary N) is 2. The first-order valence-electron chi connectivity index (χ1n) is 9.81. The van der Waals surface area contributed by atoms with Crippen molar-refractivity contribution in [2.45, 2.75) is 45.1 Å². The number of hydrogen-bond donors (Lipinski definition) is 2. The second kappa shape index (κ2) is 9.60. The van der Waals surface area contributed by atoms with Crippen LogP contribution in [-0.2, 0) is 16.0 Å². The zero-order valence-corrected chi connectivity index (χ0v) is 16.0. The van der Waals surface area contributed by atoms with Crippen LogP contribution >= 0.6 is 0 Å². The van der Waals surface area contributed by atoms with Gasteiger partial charge in [-0.05, 0) is 43.4 Å². The molecule has 148 valence electrons. The smallest absolute Gasteiger partial charge is 0.234 e. The summed E-state index contributed by atoms with van der Waals surface area (Å²) < 4.78 is 10.7. The maximum absolute atomic E-state index is 12.3. The number of ether oxygens (including phenoxy) is 2. The average molecular weight is 375 g/mol. The van der Waals surface area contributed by atoms with Crippen molar-refractivity contribution in [3.63, 3.8) is 0 Å². The highest BCUT2D eigenvalue weighted by atomic mass is 16.7. The van der Waals surface area contributed by atoms with E-state index < -0.39 is 0 Å². The highest BCUT2D eigenvalue weighted by Gasteiger charge is 2.22. The van der Waals surface area contributed by atoms with Gasteiger partial charge in [-0.2, -0.15) is 0 Å². The maximum atomic E-state index is 12.3. The molecular formula is C20H29N3O4. The molecule has 0 atom stereocenters. The zero-order valence-electron chi connectivity index (χ0n) is 16.0. The van der Waals surface area contributed by atoms with Gasteiger partial charge in [0.05, 0.1) is 6.54 Å². The standard InChI is InChI=1S/C20H29N3O4/c1-2-9-21-20(25)13-23-10-7-16(8-11-23)22-19(24)6-4-15-3-5-17-18(12-15)27-14-26-17/h3,5,12,16H,2,4,6-11,13-14H2,1H3,(H,21,25)(H,22,24). The molecule has 0 saturated carbocycles. The number of carbonyl (C=O) groups excluding carboxylic acids is 2. The van der Waals surface area contributed by atoms with E-state index in [2.05, 4.69) is 15.5 Å². The maximum Gasteiger partial charge on any atom is 0.234 e. The Kier molecular flexibility index (Phi) is 6.92. The van der Waals surface area contributed by atoms with Crippen molar-refractivity contribution < 1.29 is 19.1 Å². The van der Waals surface area contributed by atoms with Crippen molar-refractivity contribution >= 4 is 11.8 Å². The van der Waals surface area contributed by atoms with Gasteiger partial charge in [-0.25, -0.2) is 0 Å². The topological polar surface area (TPSA) is 79.9 Å². The van der Waals surface area contributed by atoms with Crippen LogP contribution in [0.25, 0.3) is 0 Å². The molecule has 1 fully saturated rings. The number of hydrogen-bond acceptors (Lipinski definition) is 5. The van der Waals surface area contributed by atoms with Crippen molar-refractivity contribution in [3.8, 4) is 11.5 Å². The Morgan fingerprint density at radius 3 is 2.70 bits per heavy atom. The lowest BCUT2D eigenvalue weighted by molar-refractivity contribution is -0.124. The summed E-state index contributed by atoms with van der Waals surface area (Å²) in [6, 6.07) is 6.01. The highest BCUT2D eigenvalue weighted by molar-refractivity contribution is 5.78. The Balaban J connectivity index is 1.34. The molecule has 27 heavy (non-hydrogen) atoms. The normalized spacial score (nSPS) is 16.9. The van der Waals surface area contributed by atoms with Gasteiger partial charge in [-0.1, -0.05) is 13.0 Å². The van der Waals surface area contributed by atoms with Gasteiger partial charge in [0.1, 0.15) is 0 Å². The van der Waals surface area contributed by atoms with E-state index >= 15 is 0 Å². The fourth-order valence-corrected chi connectivity index (χ4v) is 3.41. The van der Waals surface area contributed by atoms with Gasteiger partial charge in [0, 0.05) is 32.1 Å². The highest BCUT2D eigenvalue weighted by Crippen LogP contribution is 2.32. The Morgan fingerprint density at radius 2 is 1.93 bits per heavy atom. The van der Waals surface area contributed by atoms with Gasteiger partial charge in [0.25, 0.3) is 0 Å². The fraction of sp³-hybridized carbons (Fsp3) is 0.600. The predicted molar refractivity (Wildman–Crippen MR) is 102 cm³/mol.